The second kappa shape index (κ2) is 3.71. The number of nitrogens with zero attached hydrogens (tertiary/aromatic N) is 3. The van der Waals surface area contributed by atoms with Crippen LogP contribution in [0.15, 0.2) is 35.5 Å². The summed E-state index contributed by atoms with van der Waals surface area (Å²) in [4.78, 5) is 5.14. The zero-order valence-corrected chi connectivity index (χ0v) is 8.53. The lowest BCUT2D eigenvalue weighted by atomic mass is 10.5. The Morgan fingerprint density at radius 3 is 2.86 bits per heavy atom. The Morgan fingerprint density at radius 1 is 1.43 bits per heavy atom. The van der Waals surface area contributed by atoms with E-state index in [1.165, 1.54) is 0 Å². The SMILES string of the molecule is CSc1cnn(-c2ccccn2)c1N. The highest BCUT2D eigenvalue weighted by Gasteiger charge is 2.07. The van der Waals surface area contributed by atoms with Crippen LogP contribution < -0.4 is 5.73 Å². The average molecular weight is 206 g/mol. The van der Waals surface area contributed by atoms with E-state index in [1.54, 1.807) is 28.8 Å². The molecule has 0 spiro atoms. The monoisotopic (exact) mass is 206 g/mol. The highest BCUT2D eigenvalue weighted by molar-refractivity contribution is 7.98. The molecule has 0 atom stereocenters. The second-order valence-corrected chi connectivity index (χ2v) is 3.55. The topological polar surface area (TPSA) is 56.7 Å². The molecule has 0 aliphatic heterocycles. The Morgan fingerprint density at radius 2 is 2.29 bits per heavy atom. The molecular formula is C9H10N4S. The number of nitrogen functional groups attached to an aromatic ring is 1. The van der Waals surface area contributed by atoms with Crippen LogP contribution in [0.3, 0.4) is 0 Å². The van der Waals surface area contributed by atoms with Gasteiger partial charge in [-0.2, -0.15) is 9.78 Å². The number of nitrogens with two attached hydrogens (primary N) is 1. The van der Waals surface area contributed by atoms with E-state index in [1.807, 2.05) is 24.5 Å². The number of anilines is 1. The van der Waals surface area contributed by atoms with E-state index in [0.29, 0.717) is 5.82 Å². The van der Waals surface area contributed by atoms with Crippen molar-refractivity contribution in [2.45, 2.75) is 4.90 Å². The molecule has 0 amide bonds. The van der Waals surface area contributed by atoms with Crippen molar-refractivity contribution < 1.29 is 0 Å². The van der Waals surface area contributed by atoms with Crippen molar-refractivity contribution in [1.82, 2.24) is 14.8 Å². The molecular weight excluding hydrogens is 196 g/mol. The van der Waals surface area contributed by atoms with E-state index < -0.39 is 0 Å². The summed E-state index contributed by atoms with van der Waals surface area (Å²) in [5.74, 6) is 1.38. The Bertz CT molecular complexity index is 424. The van der Waals surface area contributed by atoms with Gasteiger partial charge in [0.05, 0.1) is 11.1 Å². The minimum absolute atomic E-state index is 0.635. The summed E-state index contributed by atoms with van der Waals surface area (Å²) in [6.45, 7) is 0. The number of aromatic nitrogens is 3. The van der Waals surface area contributed by atoms with E-state index >= 15 is 0 Å². The highest BCUT2D eigenvalue weighted by atomic mass is 32.2. The number of hydrogen-bond acceptors (Lipinski definition) is 4. The predicted molar refractivity (Wildman–Crippen MR) is 57.6 cm³/mol. The fourth-order valence-electron chi connectivity index (χ4n) is 1.16. The first kappa shape index (κ1) is 9.08. The molecule has 0 bridgehead atoms. The van der Waals surface area contributed by atoms with Gasteiger partial charge in [0.2, 0.25) is 0 Å². The molecule has 0 aliphatic carbocycles. The maximum Gasteiger partial charge on any atom is 0.155 e. The van der Waals surface area contributed by atoms with Crippen LogP contribution in [0.1, 0.15) is 0 Å². The molecule has 5 heteroatoms. The van der Waals surface area contributed by atoms with Gasteiger partial charge < -0.3 is 5.73 Å². The molecule has 0 saturated carbocycles. The van der Waals surface area contributed by atoms with E-state index in [-0.39, 0.29) is 0 Å². The Balaban J connectivity index is 2.48. The van der Waals surface area contributed by atoms with Gasteiger partial charge >= 0.3 is 0 Å². The minimum atomic E-state index is 0.635. The van der Waals surface area contributed by atoms with Gasteiger partial charge in [-0.1, -0.05) is 6.07 Å². The predicted octanol–water partition coefficient (Wildman–Crippen LogP) is 1.57. The van der Waals surface area contributed by atoms with Crippen molar-refractivity contribution >= 4 is 17.6 Å². The number of hydrogen-bond donors (Lipinski definition) is 1. The fourth-order valence-corrected chi connectivity index (χ4v) is 1.61. The number of pyridine rings is 1. The maximum atomic E-state index is 5.89. The van der Waals surface area contributed by atoms with Crippen molar-refractivity contribution in [3.05, 3.63) is 30.6 Å². The van der Waals surface area contributed by atoms with E-state index in [9.17, 15) is 0 Å². The van der Waals surface area contributed by atoms with Crippen LogP contribution >= 0.6 is 11.8 Å². The van der Waals surface area contributed by atoms with Crippen molar-refractivity contribution in [3.8, 4) is 5.82 Å². The maximum absolute atomic E-state index is 5.89. The molecule has 4 nitrogen and oxygen atoms in total. The summed E-state index contributed by atoms with van der Waals surface area (Å²) in [7, 11) is 0. The van der Waals surface area contributed by atoms with E-state index in [0.717, 1.165) is 10.7 Å². The molecule has 0 aromatic carbocycles. The van der Waals surface area contributed by atoms with Crippen LogP contribution in [0, 0.1) is 0 Å². The molecule has 0 unspecified atom stereocenters. The number of rotatable bonds is 2. The molecule has 0 saturated heterocycles. The first-order chi connectivity index (χ1) is 6.83. The van der Waals surface area contributed by atoms with E-state index in [2.05, 4.69) is 10.1 Å². The average Bonchev–Trinajstić information content (AvgIpc) is 2.61. The molecule has 0 radical (unpaired) electrons. The molecule has 2 heterocycles. The molecule has 2 N–H and O–H groups in total. The normalized spacial score (nSPS) is 10.4. The minimum Gasteiger partial charge on any atom is -0.383 e. The summed E-state index contributed by atoms with van der Waals surface area (Å²) >= 11 is 1.57. The van der Waals surface area contributed by atoms with Crippen LogP contribution in [0.4, 0.5) is 5.82 Å². The third-order valence-electron chi connectivity index (χ3n) is 1.86. The summed E-state index contributed by atoms with van der Waals surface area (Å²) in [6, 6.07) is 5.63. The molecule has 2 aromatic rings. The Labute approximate surface area is 86.1 Å². The van der Waals surface area contributed by atoms with Gasteiger partial charge in [-0.05, 0) is 18.4 Å². The van der Waals surface area contributed by atoms with E-state index in [4.69, 9.17) is 5.73 Å². The lowest BCUT2D eigenvalue weighted by molar-refractivity contribution is 0.857. The fraction of sp³-hybridized carbons (Fsp3) is 0.111. The zero-order chi connectivity index (χ0) is 9.97. The molecule has 2 aromatic heterocycles. The summed E-state index contributed by atoms with van der Waals surface area (Å²) in [5.41, 5.74) is 5.89. The largest absolute Gasteiger partial charge is 0.383 e. The van der Waals surface area contributed by atoms with Gasteiger partial charge in [0.15, 0.2) is 5.82 Å². The summed E-state index contributed by atoms with van der Waals surface area (Å²) in [5, 5.41) is 4.17. The lowest BCUT2D eigenvalue weighted by Crippen LogP contribution is -2.03. The molecule has 14 heavy (non-hydrogen) atoms. The van der Waals surface area contributed by atoms with Gasteiger partial charge in [0, 0.05) is 6.20 Å². The van der Waals surface area contributed by atoms with Crippen molar-refractivity contribution in [3.63, 3.8) is 0 Å². The Kier molecular flexibility index (Phi) is 2.41. The zero-order valence-electron chi connectivity index (χ0n) is 7.71. The van der Waals surface area contributed by atoms with Gasteiger partial charge in [0.25, 0.3) is 0 Å². The molecule has 0 aliphatic rings. The van der Waals surface area contributed by atoms with Gasteiger partial charge in [-0.15, -0.1) is 11.8 Å². The molecule has 72 valence electrons. The smallest absolute Gasteiger partial charge is 0.155 e. The molecule has 2 rings (SSSR count). The third kappa shape index (κ3) is 1.46. The van der Waals surface area contributed by atoms with Gasteiger partial charge in [0.1, 0.15) is 5.82 Å². The molecule has 0 fully saturated rings. The first-order valence-electron chi connectivity index (χ1n) is 4.12. The van der Waals surface area contributed by atoms with Crippen LogP contribution in [0.2, 0.25) is 0 Å². The van der Waals surface area contributed by atoms with Crippen LogP contribution in [-0.4, -0.2) is 21.0 Å². The van der Waals surface area contributed by atoms with Crippen LogP contribution in [0.25, 0.3) is 5.82 Å². The highest BCUT2D eigenvalue weighted by Crippen LogP contribution is 2.23. The van der Waals surface area contributed by atoms with Gasteiger partial charge in [-0.25, -0.2) is 4.98 Å². The van der Waals surface area contributed by atoms with Crippen molar-refractivity contribution in [2.75, 3.05) is 12.0 Å². The third-order valence-corrected chi connectivity index (χ3v) is 2.61. The second-order valence-electron chi connectivity index (χ2n) is 2.70. The Hall–Kier alpha value is -1.49. The number of thioether (sulfide) groups is 1. The van der Waals surface area contributed by atoms with Gasteiger partial charge in [-0.3, -0.25) is 0 Å². The van der Waals surface area contributed by atoms with Crippen molar-refractivity contribution in [2.24, 2.45) is 0 Å². The summed E-state index contributed by atoms with van der Waals surface area (Å²) < 4.78 is 1.63. The first-order valence-corrected chi connectivity index (χ1v) is 5.34. The lowest BCUT2D eigenvalue weighted by Gasteiger charge is -2.02. The van der Waals surface area contributed by atoms with Crippen LogP contribution in [0.5, 0.6) is 0 Å². The standard InChI is InChI=1S/C9H10N4S/c1-14-7-6-12-13(9(7)10)8-4-2-3-5-11-8/h2-6H,10H2,1H3. The summed E-state index contributed by atoms with van der Waals surface area (Å²) in [6.07, 6.45) is 5.43. The van der Waals surface area contributed by atoms with Crippen molar-refractivity contribution in [1.29, 1.82) is 0 Å². The van der Waals surface area contributed by atoms with Crippen LogP contribution in [-0.2, 0) is 0 Å². The quantitative estimate of drug-likeness (QED) is 0.758.